The molecule has 0 radical (unpaired) electrons. The molecule has 0 aliphatic rings. The van der Waals surface area contributed by atoms with Crippen LogP contribution >= 0.6 is 0 Å². The Morgan fingerprint density at radius 2 is 1.67 bits per heavy atom. The fourth-order valence-electron chi connectivity index (χ4n) is 3.15. The zero-order chi connectivity index (χ0) is 19.7. The minimum Gasteiger partial charge on any atom is -0.349 e. The molecule has 0 spiro atoms. The first-order chi connectivity index (χ1) is 12.8. The van der Waals surface area contributed by atoms with Gasteiger partial charge in [0.25, 0.3) is 5.91 Å². The van der Waals surface area contributed by atoms with Gasteiger partial charge in [0.15, 0.2) is 0 Å². The SMILES string of the molecule is Cc1ccc(-n2nc(-c3ccc(C)c(C)c3)cc2C(=O)NC(C)C)c(C)c1. The summed E-state index contributed by atoms with van der Waals surface area (Å²) in [4.78, 5) is 12.8. The van der Waals surface area contributed by atoms with E-state index in [1.54, 1.807) is 4.68 Å². The summed E-state index contributed by atoms with van der Waals surface area (Å²) in [6.45, 7) is 12.2. The van der Waals surface area contributed by atoms with Crippen LogP contribution in [0.25, 0.3) is 16.9 Å². The van der Waals surface area contributed by atoms with E-state index in [0.29, 0.717) is 5.69 Å². The molecule has 0 aliphatic heterocycles. The molecule has 0 saturated carbocycles. The number of hydrogen-bond donors (Lipinski definition) is 1. The van der Waals surface area contributed by atoms with Crippen molar-refractivity contribution in [1.82, 2.24) is 15.1 Å². The number of aryl methyl sites for hydroxylation is 4. The molecule has 1 aromatic heterocycles. The van der Waals surface area contributed by atoms with Gasteiger partial charge in [-0.2, -0.15) is 5.10 Å². The van der Waals surface area contributed by atoms with Gasteiger partial charge in [-0.05, 0) is 76.4 Å². The van der Waals surface area contributed by atoms with Crippen molar-refractivity contribution in [1.29, 1.82) is 0 Å². The van der Waals surface area contributed by atoms with Gasteiger partial charge < -0.3 is 5.32 Å². The third-order valence-electron chi connectivity index (χ3n) is 4.74. The molecule has 0 saturated heterocycles. The number of carbonyl (C=O) groups is 1. The predicted molar refractivity (Wildman–Crippen MR) is 111 cm³/mol. The molecule has 0 atom stereocenters. The summed E-state index contributed by atoms with van der Waals surface area (Å²) < 4.78 is 1.76. The molecule has 140 valence electrons. The van der Waals surface area contributed by atoms with Gasteiger partial charge >= 0.3 is 0 Å². The summed E-state index contributed by atoms with van der Waals surface area (Å²) >= 11 is 0. The van der Waals surface area contributed by atoms with Crippen LogP contribution in [0.4, 0.5) is 0 Å². The third kappa shape index (κ3) is 3.95. The normalized spacial score (nSPS) is 11.1. The fourth-order valence-corrected chi connectivity index (χ4v) is 3.15. The molecule has 0 unspecified atom stereocenters. The summed E-state index contributed by atoms with van der Waals surface area (Å²) in [6.07, 6.45) is 0. The Morgan fingerprint density at radius 3 is 2.30 bits per heavy atom. The molecule has 3 aromatic rings. The van der Waals surface area contributed by atoms with E-state index in [2.05, 4.69) is 50.4 Å². The zero-order valence-electron chi connectivity index (χ0n) is 16.9. The van der Waals surface area contributed by atoms with Crippen molar-refractivity contribution in [2.75, 3.05) is 0 Å². The van der Waals surface area contributed by atoms with E-state index < -0.39 is 0 Å². The van der Waals surface area contributed by atoms with Crippen LogP contribution in [0, 0.1) is 27.7 Å². The molecule has 3 rings (SSSR count). The Kier molecular flexibility index (Phi) is 5.17. The number of hydrogen-bond acceptors (Lipinski definition) is 2. The summed E-state index contributed by atoms with van der Waals surface area (Å²) in [5.74, 6) is -0.118. The Bertz CT molecular complexity index is 999. The number of nitrogens with one attached hydrogen (secondary N) is 1. The van der Waals surface area contributed by atoms with Gasteiger partial charge in [0, 0.05) is 11.6 Å². The molecule has 27 heavy (non-hydrogen) atoms. The standard InChI is InChI=1S/C23H27N3O/c1-14(2)24-23(27)22-13-20(19-9-8-16(4)17(5)12-19)25-26(22)21-10-7-15(3)11-18(21)6/h7-14H,1-6H3,(H,24,27). The van der Waals surface area contributed by atoms with Crippen molar-refractivity contribution in [2.24, 2.45) is 0 Å². The van der Waals surface area contributed by atoms with E-state index in [-0.39, 0.29) is 11.9 Å². The average Bonchev–Trinajstić information content (AvgIpc) is 3.02. The topological polar surface area (TPSA) is 46.9 Å². The van der Waals surface area contributed by atoms with E-state index >= 15 is 0 Å². The number of rotatable bonds is 4. The van der Waals surface area contributed by atoms with E-state index in [9.17, 15) is 4.79 Å². The van der Waals surface area contributed by atoms with Gasteiger partial charge in [-0.15, -0.1) is 0 Å². The van der Waals surface area contributed by atoms with Gasteiger partial charge in [-0.25, -0.2) is 4.68 Å². The van der Waals surface area contributed by atoms with Crippen molar-refractivity contribution in [3.63, 3.8) is 0 Å². The third-order valence-corrected chi connectivity index (χ3v) is 4.74. The first kappa shape index (κ1) is 18.9. The second-order valence-corrected chi connectivity index (χ2v) is 7.54. The van der Waals surface area contributed by atoms with Gasteiger partial charge in [0.2, 0.25) is 0 Å². The molecule has 4 nitrogen and oxygen atoms in total. The number of carbonyl (C=O) groups excluding carboxylic acids is 1. The van der Waals surface area contributed by atoms with Crippen molar-refractivity contribution < 1.29 is 4.79 Å². The van der Waals surface area contributed by atoms with Crippen molar-refractivity contribution in [3.05, 3.63) is 70.4 Å². The molecular weight excluding hydrogens is 334 g/mol. The summed E-state index contributed by atoms with van der Waals surface area (Å²) in [7, 11) is 0. The number of benzene rings is 2. The highest BCUT2D eigenvalue weighted by atomic mass is 16.2. The average molecular weight is 361 g/mol. The zero-order valence-corrected chi connectivity index (χ0v) is 16.9. The Morgan fingerprint density at radius 1 is 0.926 bits per heavy atom. The van der Waals surface area contributed by atoms with Crippen LogP contribution in [-0.4, -0.2) is 21.7 Å². The van der Waals surface area contributed by atoms with E-state index in [1.807, 2.05) is 39.0 Å². The van der Waals surface area contributed by atoms with Crippen molar-refractivity contribution >= 4 is 5.91 Å². The van der Waals surface area contributed by atoms with Crippen molar-refractivity contribution in [3.8, 4) is 16.9 Å². The second kappa shape index (κ2) is 7.39. The molecule has 1 heterocycles. The van der Waals surface area contributed by atoms with Crippen LogP contribution in [0.1, 0.15) is 46.6 Å². The quantitative estimate of drug-likeness (QED) is 0.717. The minimum atomic E-state index is -0.118. The summed E-state index contributed by atoms with van der Waals surface area (Å²) in [6, 6.07) is 14.4. The first-order valence-corrected chi connectivity index (χ1v) is 9.32. The van der Waals surface area contributed by atoms with E-state index in [4.69, 9.17) is 5.10 Å². The maximum absolute atomic E-state index is 12.8. The minimum absolute atomic E-state index is 0.0602. The van der Waals surface area contributed by atoms with Gasteiger partial charge in [-0.1, -0.05) is 29.8 Å². The Labute approximate surface area is 161 Å². The lowest BCUT2D eigenvalue weighted by Gasteiger charge is -2.12. The first-order valence-electron chi connectivity index (χ1n) is 9.32. The number of aromatic nitrogens is 2. The van der Waals surface area contributed by atoms with Crippen LogP contribution < -0.4 is 5.32 Å². The molecule has 1 N–H and O–H groups in total. The second-order valence-electron chi connectivity index (χ2n) is 7.54. The Hall–Kier alpha value is -2.88. The van der Waals surface area contributed by atoms with Gasteiger partial charge in [0.1, 0.15) is 5.69 Å². The van der Waals surface area contributed by atoms with E-state index in [1.165, 1.54) is 16.7 Å². The molecule has 4 heteroatoms. The van der Waals surface area contributed by atoms with Crippen molar-refractivity contribution in [2.45, 2.75) is 47.6 Å². The summed E-state index contributed by atoms with van der Waals surface area (Å²) in [5, 5.41) is 7.78. The highest BCUT2D eigenvalue weighted by molar-refractivity contribution is 5.94. The number of nitrogens with zero attached hydrogens (tertiary/aromatic N) is 2. The lowest BCUT2D eigenvalue weighted by atomic mass is 10.0. The van der Waals surface area contributed by atoms with Crippen LogP contribution in [0.3, 0.4) is 0 Å². The van der Waals surface area contributed by atoms with E-state index in [0.717, 1.165) is 22.5 Å². The summed E-state index contributed by atoms with van der Waals surface area (Å²) in [5.41, 5.74) is 8.00. The predicted octanol–water partition coefficient (Wildman–Crippen LogP) is 4.91. The smallest absolute Gasteiger partial charge is 0.270 e. The molecule has 2 aromatic carbocycles. The number of amides is 1. The van der Waals surface area contributed by atoms with Gasteiger partial charge in [0.05, 0.1) is 11.4 Å². The molecule has 0 aliphatic carbocycles. The molecule has 1 amide bonds. The van der Waals surface area contributed by atoms with Gasteiger partial charge in [-0.3, -0.25) is 4.79 Å². The molecule has 0 bridgehead atoms. The highest BCUT2D eigenvalue weighted by Gasteiger charge is 2.19. The van der Waals surface area contributed by atoms with Crippen LogP contribution in [0.2, 0.25) is 0 Å². The molecular formula is C23H27N3O. The maximum atomic E-state index is 12.8. The van der Waals surface area contributed by atoms with Crippen LogP contribution in [0.15, 0.2) is 42.5 Å². The van der Waals surface area contributed by atoms with Crippen LogP contribution in [-0.2, 0) is 0 Å². The Balaban J connectivity index is 2.16. The maximum Gasteiger partial charge on any atom is 0.270 e. The lowest BCUT2D eigenvalue weighted by molar-refractivity contribution is 0.0935. The lowest BCUT2D eigenvalue weighted by Crippen LogP contribution is -2.31. The highest BCUT2D eigenvalue weighted by Crippen LogP contribution is 2.25. The molecule has 0 fully saturated rings. The largest absolute Gasteiger partial charge is 0.349 e. The fraction of sp³-hybridized carbons (Fsp3) is 0.304. The van der Waals surface area contributed by atoms with Crippen LogP contribution in [0.5, 0.6) is 0 Å². The monoisotopic (exact) mass is 361 g/mol.